The number of anilines is 2. The van der Waals surface area contributed by atoms with Crippen LogP contribution in [0.5, 0.6) is 5.75 Å². The average molecular weight is 496 g/mol. The van der Waals surface area contributed by atoms with Crippen LogP contribution in [-0.2, 0) is 11.2 Å². The van der Waals surface area contributed by atoms with Crippen molar-refractivity contribution in [2.24, 2.45) is 5.92 Å². The molecule has 0 bridgehead atoms. The summed E-state index contributed by atoms with van der Waals surface area (Å²) >= 11 is 1.40. The van der Waals surface area contributed by atoms with E-state index in [1.165, 1.54) is 29.4 Å². The van der Waals surface area contributed by atoms with Crippen LogP contribution in [0.25, 0.3) is 0 Å². The van der Waals surface area contributed by atoms with Crippen molar-refractivity contribution in [1.82, 2.24) is 14.3 Å². The van der Waals surface area contributed by atoms with Gasteiger partial charge in [0, 0.05) is 68.8 Å². The number of piperazine rings is 1. The van der Waals surface area contributed by atoms with Crippen LogP contribution in [-0.4, -0.2) is 66.5 Å². The lowest BCUT2D eigenvalue weighted by atomic mass is 9.95. The Balaban J connectivity index is 1.09. The van der Waals surface area contributed by atoms with Gasteiger partial charge in [-0.1, -0.05) is 12.1 Å². The molecule has 0 aliphatic carbocycles. The number of halogens is 1. The second-order valence-corrected chi connectivity index (χ2v) is 9.80. The van der Waals surface area contributed by atoms with Crippen LogP contribution in [0.4, 0.5) is 15.2 Å². The fourth-order valence-electron chi connectivity index (χ4n) is 4.78. The molecule has 2 fully saturated rings. The molecule has 184 valence electrons. The summed E-state index contributed by atoms with van der Waals surface area (Å²) < 4.78 is 22.9. The molecule has 0 N–H and O–H groups in total. The zero-order chi connectivity index (χ0) is 24.2. The molecule has 0 saturated carbocycles. The number of hydrogen-bond donors (Lipinski definition) is 0. The number of rotatable bonds is 6. The van der Waals surface area contributed by atoms with Crippen molar-refractivity contribution in [3.63, 3.8) is 0 Å². The Morgan fingerprint density at radius 3 is 2.31 bits per heavy atom. The van der Waals surface area contributed by atoms with Crippen LogP contribution in [0.2, 0.25) is 0 Å². The maximum absolute atomic E-state index is 13.2. The first kappa shape index (κ1) is 23.5. The van der Waals surface area contributed by atoms with Gasteiger partial charge < -0.3 is 19.4 Å². The number of nitrogens with zero attached hydrogens (tertiary/aromatic N) is 5. The Bertz CT molecular complexity index is 1120. The van der Waals surface area contributed by atoms with Crippen molar-refractivity contribution in [3.8, 4) is 5.75 Å². The predicted octanol–water partition coefficient (Wildman–Crippen LogP) is 3.84. The average Bonchev–Trinajstić information content (AvgIpc) is 3.38. The van der Waals surface area contributed by atoms with E-state index in [0.29, 0.717) is 6.42 Å². The molecule has 2 saturated heterocycles. The molecule has 3 aromatic rings. The fourth-order valence-corrected chi connectivity index (χ4v) is 5.52. The van der Waals surface area contributed by atoms with Gasteiger partial charge in [0.15, 0.2) is 0 Å². The van der Waals surface area contributed by atoms with Crippen LogP contribution in [0.3, 0.4) is 0 Å². The Morgan fingerprint density at radius 1 is 0.971 bits per heavy atom. The number of hydrogen-bond acceptors (Lipinski definition) is 7. The SMILES string of the molecule is COc1ccc(N2CCN(C(=O)C3CCN(c4nc(Cc5ccc(F)cc5)ns4)CC3)CC2)cc1. The van der Waals surface area contributed by atoms with Crippen molar-refractivity contribution < 1.29 is 13.9 Å². The van der Waals surface area contributed by atoms with Gasteiger partial charge in [-0.2, -0.15) is 4.37 Å². The lowest BCUT2D eigenvalue weighted by Crippen LogP contribution is -2.51. The van der Waals surface area contributed by atoms with E-state index >= 15 is 0 Å². The second kappa shape index (κ2) is 10.6. The monoisotopic (exact) mass is 495 g/mol. The molecule has 2 aromatic carbocycles. The van der Waals surface area contributed by atoms with Gasteiger partial charge >= 0.3 is 0 Å². The molecule has 2 aliphatic rings. The van der Waals surface area contributed by atoms with Crippen LogP contribution < -0.4 is 14.5 Å². The summed E-state index contributed by atoms with van der Waals surface area (Å²) in [6, 6.07) is 14.6. The molecule has 0 spiro atoms. The smallest absolute Gasteiger partial charge is 0.225 e. The summed E-state index contributed by atoms with van der Waals surface area (Å²) in [5, 5.41) is 0.904. The summed E-state index contributed by atoms with van der Waals surface area (Å²) in [7, 11) is 1.67. The first-order valence-electron chi connectivity index (χ1n) is 12.1. The molecule has 9 heteroatoms. The highest BCUT2D eigenvalue weighted by atomic mass is 32.1. The third-order valence-corrected chi connectivity index (χ3v) is 7.69. The number of piperidine rings is 1. The summed E-state index contributed by atoms with van der Waals surface area (Å²) in [6.45, 7) is 4.83. The Morgan fingerprint density at radius 2 is 1.66 bits per heavy atom. The van der Waals surface area contributed by atoms with Crippen molar-refractivity contribution in [2.45, 2.75) is 19.3 Å². The largest absolute Gasteiger partial charge is 0.497 e. The van der Waals surface area contributed by atoms with E-state index in [0.717, 1.165) is 74.4 Å². The van der Waals surface area contributed by atoms with Crippen molar-refractivity contribution in [2.75, 3.05) is 56.2 Å². The van der Waals surface area contributed by atoms with Crippen LogP contribution in [0.15, 0.2) is 48.5 Å². The Labute approximate surface area is 209 Å². The molecule has 1 aromatic heterocycles. The molecule has 3 heterocycles. The van der Waals surface area contributed by atoms with Gasteiger partial charge in [-0.05, 0) is 54.8 Å². The molecular weight excluding hydrogens is 465 g/mol. The predicted molar refractivity (Wildman–Crippen MR) is 136 cm³/mol. The van der Waals surface area contributed by atoms with E-state index in [2.05, 4.69) is 26.3 Å². The van der Waals surface area contributed by atoms with Gasteiger partial charge in [0.1, 0.15) is 17.4 Å². The summed E-state index contributed by atoms with van der Waals surface area (Å²) in [6.07, 6.45) is 2.27. The molecule has 0 unspecified atom stereocenters. The minimum atomic E-state index is -0.239. The first-order chi connectivity index (χ1) is 17.1. The first-order valence-corrected chi connectivity index (χ1v) is 12.9. The van der Waals surface area contributed by atoms with E-state index in [4.69, 9.17) is 9.72 Å². The second-order valence-electron chi connectivity index (χ2n) is 9.07. The quantitative estimate of drug-likeness (QED) is 0.518. The molecule has 5 rings (SSSR count). The standard InChI is InChI=1S/C26H30FN5O2S/c1-34-23-8-6-22(7-9-23)30-14-16-31(17-15-30)25(33)20-10-12-32(13-11-20)26-28-24(29-35-26)18-19-2-4-21(27)5-3-19/h2-9,20H,10-18H2,1H3. The third-order valence-electron chi connectivity index (χ3n) is 6.88. The van der Waals surface area contributed by atoms with Gasteiger partial charge in [-0.3, -0.25) is 4.79 Å². The lowest BCUT2D eigenvalue weighted by molar-refractivity contribution is -0.136. The fraction of sp³-hybridized carbons (Fsp3) is 0.423. The number of carbonyl (C=O) groups is 1. The maximum Gasteiger partial charge on any atom is 0.225 e. The van der Waals surface area contributed by atoms with Crippen LogP contribution in [0.1, 0.15) is 24.2 Å². The Kier molecular flexibility index (Phi) is 7.13. The topological polar surface area (TPSA) is 61.8 Å². The summed E-state index contributed by atoms with van der Waals surface area (Å²) in [5.41, 5.74) is 2.16. The number of benzene rings is 2. The van der Waals surface area contributed by atoms with E-state index in [9.17, 15) is 9.18 Å². The molecule has 0 radical (unpaired) electrons. The van der Waals surface area contributed by atoms with Gasteiger partial charge in [-0.25, -0.2) is 9.37 Å². The van der Waals surface area contributed by atoms with E-state index in [1.54, 1.807) is 19.2 Å². The normalized spacial score (nSPS) is 17.0. The van der Waals surface area contributed by atoms with Gasteiger partial charge in [0.2, 0.25) is 11.0 Å². The number of methoxy groups -OCH3 is 1. The highest BCUT2D eigenvalue weighted by Crippen LogP contribution is 2.27. The molecule has 7 nitrogen and oxygen atoms in total. The highest BCUT2D eigenvalue weighted by molar-refractivity contribution is 7.09. The minimum absolute atomic E-state index is 0.0744. The number of amides is 1. The van der Waals surface area contributed by atoms with Crippen LogP contribution in [0, 0.1) is 11.7 Å². The Hall–Kier alpha value is -3.20. The molecular formula is C26H30FN5O2S. The van der Waals surface area contributed by atoms with Gasteiger partial charge in [0.05, 0.1) is 7.11 Å². The number of aromatic nitrogens is 2. The third kappa shape index (κ3) is 5.56. The van der Waals surface area contributed by atoms with Crippen molar-refractivity contribution in [3.05, 3.63) is 65.7 Å². The van der Waals surface area contributed by atoms with E-state index < -0.39 is 0 Å². The summed E-state index contributed by atoms with van der Waals surface area (Å²) in [4.78, 5) is 24.5. The number of carbonyl (C=O) groups excluding carboxylic acids is 1. The minimum Gasteiger partial charge on any atom is -0.497 e. The summed E-state index contributed by atoms with van der Waals surface area (Å²) in [5.74, 6) is 1.73. The zero-order valence-corrected chi connectivity index (χ0v) is 20.7. The van der Waals surface area contributed by atoms with E-state index in [1.807, 2.05) is 17.0 Å². The van der Waals surface area contributed by atoms with Crippen molar-refractivity contribution in [1.29, 1.82) is 0 Å². The van der Waals surface area contributed by atoms with Crippen molar-refractivity contribution >= 4 is 28.3 Å². The molecule has 0 atom stereocenters. The highest BCUT2D eigenvalue weighted by Gasteiger charge is 2.31. The molecule has 1 amide bonds. The van der Waals surface area contributed by atoms with E-state index in [-0.39, 0.29) is 17.6 Å². The maximum atomic E-state index is 13.2. The zero-order valence-electron chi connectivity index (χ0n) is 19.9. The number of ether oxygens (including phenoxy) is 1. The van der Waals surface area contributed by atoms with Gasteiger partial charge in [0.25, 0.3) is 0 Å². The lowest BCUT2D eigenvalue weighted by Gasteiger charge is -2.39. The van der Waals surface area contributed by atoms with Crippen LogP contribution >= 0.6 is 11.5 Å². The van der Waals surface area contributed by atoms with Gasteiger partial charge in [-0.15, -0.1) is 0 Å². The molecule has 35 heavy (non-hydrogen) atoms. The molecule has 2 aliphatic heterocycles.